The molecule has 0 spiro atoms. The number of anilines is 1. The molecule has 2 rings (SSSR count). The smallest absolute Gasteiger partial charge is 0.341 e. The third-order valence-corrected chi connectivity index (χ3v) is 4.37. The molecule has 1 unspecified atom stereocenters. The summed E-state index contributed by atoms with van der Waals surface area (Å²) in [6.07, 6.45) is 0.178. The molecule has 6 nitrogen and oxygen atoms in total. The lowest BCUT2D eigenvalue weighted by Gasteiger charge is -2.17. The number of carbonyl (C=O) groups excluding carboxylic acids is 2. The molecule has 0 saturated carbocycles. The van der Waals surface area contributed by atoms with Crippen LogP contribution in [0.5, 0.6) is 11.5 Å². The molecule has 0 aliphatic rings. The van der Waals surface area contributed by atoms with Crippen molar-refractivity contribution in [2.45, 2.75) is 33.3 Å². The average Bonchev–Trinajstić information content (AvgIpc) is 2.69. The lowest BCUT2D eigenvalue weighted by atomic mass is 10.1. The first-order chi connectivity index (χ1) is 13.4. The van der Waals surface area contributed by atoms with Crippen LogP contribution >= 0.6 is 11.6 Å². The van der Waals surface area contributed by atoms with Crippen molar-refractivity contribution in [3.63, 3.8) is 0 Å². The Labute approximate surface area is 169 Å². The standard InChI is InChI=1S/C21H24ClNO5/c1-5-14-7-9-15(10-8-14)28-13(3)20(24)23-18-12-19(26-4)16(11-17(18)22)21(25)27-6-2/h7-13H,5-6H2,1-4H3,(H,23,24). The number of nitrogens with one attached hydrogen (secondary N) is 1. The number of amides is 1. The minimum atomic E-state index is -0.751. The van der Waals surface area contributed by atoms with Gasteiger partial charge in [-0.15, -0.1) is 0 Å². The van der Waals surface area contributed by atoms with E-state index in [1.54, 1.807) is 13.8 Å². The van der Waals surface area contributed by atoms with Gasteiger partial charge in [-0.25, -0.2) is 4.79 Å². The highest BCUT2D eigenvalue weighted by Crippen LogP contribution is 2.31. The first kappa shape index (κ1) is 21.6. The Bertz CT molecular complexity index is 835. The molecular formula is C21H24ClNO5. The molecule has 0 bridgehead atoms. The second-order valence-electron chi connectivity index (χ2n) is 6.00. The van der Waals surface area contributed by atoms with Crippen molar-refractivity contribution in [3.8, 4) is 11.5 Å². The zero-order chi connectivity index (χ0) is 20.7. The van der Waals surface area contributed by atoms with Gasteiger partial charge in [0.2, 0.25) is 0 Å². The van der Waals surface area contributed by atoms with E-state index in [-0.39, 0.29) is 28.8 Å². The number of rotatable bonds is 8. The number of benzene rings is 2. The van der Waals surface area contributed by atoms with Crippen LogP contribution < -0.4 is 14.8 Å². The molecule has 1 amide bonds. The third kappa shape index (κ3) is 5.39. The van der Waals surface area contributed by atoms with E-state index in [1.807, 2.05) is 24.3 Å². The predicted molar refractivity (Wildman–Crippen MR) is 109 cm³/mol. The summed E-state index contributed by atoms with van der Waals surface area (Å²) in [5.41, 5.74) is 1.69. The minimum Gasteiger partial charge on any atom is -0.496 e. The number of hydrogen-bond acceptors (Lipinski definition) is 5. The molecule has 2 aromatic rings. The van der Waals surface area contributed by atoms with Crippen LogP contribution in [0.25, 0.3) is 0 Å². The normalized spacial score (nSPS) is 11.5. The summed E-state index contributed by atoms with van der Waals surface area (Å²) in [6, 6.07) is 10.4. The van der Waals surface area contributed by atoms with Crippen molar-refractivity contribution in [1.29, 1.82) is 0 Å². The van der Waals surface area contributed by atoms with Crippen LogP contribution in [0.15, 0.2) is 36.4 Å². The van der Waals surface area contributed by atoms with E-state index >= 15 is 0 Å². The topological polar surface area (TPSA) is 73.9 Å². The number of aryl methyl sites for hydroxylation is 1. The number of esters is 1. The molecule has 0 aliphatic carbocycles. The molecule has 1 atom stereocenters. The van der Waals surface area contributed by atoms with E-state index in [9.17, 15) is 9.59 Å². The van der Waals surface area contributed by atoms with Gasteiger partial charge in [-0.05, 0) is 44.0 Å². The minimum absolute atomic E-state index is 0.188. The Morgan fingerprint density at radius 3 is 2.39 bits per heavy atom. The van der Waals surface area contributed by atoms with Crippen molar-refractivity contribution in [2.24, 2.45) is 0 Å². The monoisotopic (exact) mass is 405 g/mol. The van der Waals surface area contributed by atoms with Crippen LogP contribution in [0.3, 0.4) is 0 Å². The highest BCUT2D eigenvalue weighted by Gasteiger charge is 2.20. The van der Waals surface area contributed by atoms with E-state index in [0.717, 1.165) is 6.42 Å². The number of methoxy groups -OCH3 is 1. The van der Waals surface area contributed by atoms with Crippen LogP contribution in [0.1, 0.15) is 36.7 Å². The Morgan fingerprint density at radius 2 is 1.82 bits per heavy atom. The number of hydrogen-bond donors (Lipinski definition) is 1. The molecule has 0 radical (unpaired) electrons. The van der Waals surface area contributed by atoms with Crippen molar-refractivity contribution in [3.05, 3.63) is 52.5 Å². The zero-order valence-electron chi connectivity index (χ0n) is 16.4. The summed E-state index contributed by atoms with van der Waals surface area (Å²) in [5.74, 6) is -0.0816. The van der Waals surface area contributed by atoms with Crippen molar-refractivity contribution in [1.82, 2.24) is 0 Å². The predicted octanol–water partition coefficient (Wildman–Crippen LogP) is 4.49. The molecular weight excluding hydrogens is 382 g/mol. The molecule has 1 N–H and O–H groups in total. The fourth-order valence-corrected chi connectivity index (χ4v) is 2.69. The molecule has 0 aromatic heterocycles. The lowest BCUT2D eigenvalue weighted by Crippen LogP contribution is -2.30. The summed E-state index contributed by atoms with van der Waals surface area (Å²) in [7, 11) is 1.42. The number of ether oxygens (including phenoxy) is 3. The molecule has 0 fully saturated rings. The Kier molecular flexibility index (Phi) is 7.70. The summed E-state index contributed by atoms with van der Waals surface area (Å²) < 4.78 is 15.9. The van der Waals surface area contributed by atoms with Gasteiger partial charge < -0.3 is 19.5 Å². The van der Waals surface area contributed by atoms with Crippen molar-refractivity contribution < 1.29 is 23.8 Å². The van der Waals surface area contributed by atoms with Gasteiger partial charge in [0.25, 0.3) is 5.91 Å². The van der Waals surface area contributed by atoms with Gasteiger partial charge in [0.15, 0.2) is 6.10 Å². The van der Waals surface area contributed by atoms with E-state index in [4.69, 9.17) is 25.8 Å². The maximum atomic E-state index is 12.5. The van der Waals surface area contributed by atoms with Gasteiger partial charge in [-0.1, -0.05) is 30.7 Å². The summed E-state index contributed by atoms with van der Waals surface area (Å²) in [5, 5.41) is 2.89. The molecule has 0 saturated heterocycles. The molecule has 2 aromatic carbocycles. The zero-order valence-corrected chi connectivity index (χ0v) is 17.1. The first-order valence-electron chi connectivity index (χ1n) is 9.00. The molecule has 7 heteroatoms. The summed E-state index contributed by atoms with van der Waals surface area (Å²) in [4.78, 5) is 24.5. The summed E-state index contributed by atoms with van der Waals surface area (Å²) in [6.45, 7) is 5.64. The van der Waals surface area contributed by atoms with Crippen molar-refractivity contribution in [2.75, 3.05) is 19.0 Å². The maximum Gasteiger partial charge on any atom is 0.341 e. The molecule has 0 heterocycles. The number of halogens is 1. The van der Waals surface area contributed by atoms with E-state index < -0.39 is 12.1 Å². The SMILES string of the molecule is CCOC(=O)c1cc(Cl)c(NC(=O)C(C)Oc2ccc(CC)cc2)cc1OC. The van der Waals surface area contributed by atoms with Gasteiger partial charge in [0.05, 0.1) is 24.4 Å². The van der Waals surface area contributed by atoms with Crippen LogP contribution in [0, 0.1) is 0 Å². The third-order valence-electron chi connectivity index (χ3n) is 4.06. The van der Waals surface area contributed by atoms with E-state index in [0.29, 0.717) is 11.4 Å². The van der Waals surface area contributed by atoms with Crippen LogP contribution in [-0.2, 0) is 16.0 Å². The number of carbonyl (C=O) groups is 2. The molecule has 150 valence electrons. The van der Waals surface area contributed by atoms with Crippen LogP contribution in [0.2, 0.25) is 5.02 Å². The van der Waals surface area contributed by atoms with Crippen LogP contribution in [-0.4, -0.2) is 31.7 Å². The Morgan fingerprint density at radius 1 is 1.14 bits per heavy atom. The maximum absolute atomic E-state index is 12.5. The van der Waals surface area contributed by atoms with E-state index in [1.165, 1.54) is 24.8 Å². The highest BCUT2D eigenvalue weighted by atomic mass is 35.5. The van der Waals surface area contributed by atoms with Crippen molar-refractivity contribution >= 4 is 29.2 Å². The fourth-order valence-electron chi connectivity index (χ4n) is 2.48. The molecule has 28 heavy (non-hydrogen) atoms. The fraction of sp³-hybridized carbons (Fsp3) is 0.333. The first-order valence-corrected chi connectivity index (χ1v) is 9.38. The summed E-state index contributed by atoms with van der Waals surface area (Å²) >= 11 is 6.23. The van der Waals surface area contributed by atoms with E-state index in [2.05, 4.69) is 12.2 Å². The van der Waals surface area contributed by atoms with Gasteiger partial charge in [-0.2, -0.15) is 0 Å². The quantitative estimate of drug-likeness (QED) is 0.655. The Hall–Kier alpha value is -2.73. The van der Waals surface area contributed by atoms with Gasteiger partial charge >= 0.3 is 5.97 Å². The Balaban J connectivity index is 2.12. The van der Waals surface area contributed by atoms with Gasteiger partial charge in [0, 0.05) is 6.07 Å². The highest BCUT2D eigenvalue weighted by molar-refractivity contribution is 6.34. The van der Waals surface area contributed by atoms with Gasteiger partial charge in [0.1, 0.15) is 17.1 Å². The largest absolute Gasteiger partial charge is 0.496 e. The molecule has 0 aliphatic heterocycles. The lowest BCUT2D eigenvalue weighted by molar-refractivity contribution is -0.122. The van der Waals surface area contributed by atoms with Gasteiger partial charge in [-0.3, -0.25) is 4.79 Å². The van der Waals surface area contributed by atoms with Crippen LogP contribution in [0.4, 0.5) is 5.69 Å². The average molecular weight is 406 g/mol. The second-order valence-corrected chi connectivity index (χ2v) is 6.41. The second kappa shape index (κ2) is 9.99.